The van der Waals surface area contributed by atoms with Gasteiger partial charge in [-0.2, -0.15) is 0 Å². The molecule has 0 radical (unpaired) electrons. The van der Waals surface area contributed by atoms with E-state index < -0.39 is 5.79 Å². The Kier molecular flexibility index (Phi) is 2.55. The monoisotopic (exact) mass is 201 g/mol. The van der Waals surface area contributed by atoms with E-state index in [1.54, 1.807) is 0 Å². The molecule has 1 aliphatic carbocycles. The van der Waals surface area contributed by atoms with Gasteiger partial charge >= 0.3 is 0 Å². The van der Waals surface area contributed by atoms with Crippen molar-refractivity contribution >= 4 is 0 Å². The van der Waals surface area contributed by atoms with Crippen LogP contribution in [-0.4, -0.2) is 36.3 Å². The van der Waals surface area contributed by atoms with Gasteiger partial charge in [0.2, 0.25) is 0 Å². The van der Waals surface area contributed by atoms with Crippen LogP contribution in [0.1, 0.15) is 20.3 Å². The van der Waals surface area contributed by atoms with E-state index in [1.807, 2.05) is 13.8 Å². The van der Waals surface area contributed by atoms with Crippen LogP contribution in [0.4, 0.5) is 0 Å². The molecule has 0 amide bonds. The Morgan fingerprint density at radius 2 is 1.86 bits per heavy atom. The summed E-state index contributed by atoms with van der Waals surface area (Å²) in [6.07, 6.45) is 1.02. The quantitative estimate of drug-likeness (QED) is 0.664. The van der Waals surface area contributed by atoms with E-state index in [9.17, 15) is 5.11 Å². The van der Waals surface area contributed by atoms with Crippen LogP contribution in [0.2, 0.25) is 0 Å². The average Bonchev–Trinajstić information content (AvgIpc) is 2.57. The second-order valence-electron chi connectivity index (χ2n) is 4.74. The van der Waals surface area contributed by atoms with Gasteiger partial charge in [-0.15, -0.1) is 0 Å². The van der Waals surface area contributed by atoms with Crippen LogP contribution < -0.4 is 5.73 Å². The van der Waals surface area contributed by atoms with Crippen LogP contribution >= 0.6 is 0 Å². The predicted molar refractivity (Wildman–Crippen MR) is 51.6 cm³/mol. The van der Waals surface area contributed by atoms with Crippen molar-refractivity contribution in [3.05, 3.63) is 0 Å². The van der Waals surface area contributed by atoms with Crippen molar-refractivity contribution in [2.24, 2.45) is 17.6 Å². The van der Waals surface area contributed by atoms with Crippen molar-refractivity contribution < 1.29 is 14.6 Å². The van der Waals surface area contributed by atoms with E-state index in [0.29, 0.717) is 12.5 Å². The highest BCUT2D eigenvalue weighted by Gasteiger charge is 2.52. The number of hydrogen-bond donors (Lipinski definition) is 2. The summed E-state index contributed by atoms with van der Waals surface area (Å²) < 4.78 is 11.6. The van der Waals surface area contributed by atoms with Gasteiger partial charge in [0.15, 0.2) is 5.79 Å². The lowest BCUT2D eigenvalue weighted by Gasteiger charge is -2.22. The van der Waals surface area contributed by atoms with Gasteiger partial charge in [0.1, 0.15) is 0 Å². The molecule has 0 aromatic carbocycles. The van der Waals surface area contributed by atoms with Crippen molar-refractivity contribution in [3.8, 4) is 0 Å². The van der Waals surface area contributed by atoms with E-state index in [-0.39, 0.29) is 24.7 Å². The first-order valence-electron chi connectivity index (χ1n) is 5.24. The fourth-order valence-corrected chi connectivity index (χ4v) is 2.61. The van der Waals surface area contributed by atoms with E-state index in [0.717, 1.165) is 6.42 Å². The van der Waals surface area contributed by atoms with Crippen LogP contribution in [0.15, 0.2) is 0 Å². The van der Waals surface area contributed by atoms with Gasteiger partial charge < -0.3 is 20.3 Å². The van der Waals surface area contributed by atoms with Gasteiger partial charge in [0, 0.05) is 18.4 Å². The molecule has 1 aliphatic heterocycles. The zero-order valence-electron chi connectivity index (χ0n) is 8.77. The summed E-state index contributed by atoms with van der Waals surface area (Å²) in [5.41, 5.74) is 5.68. The molecule has 0 aromatic heterocycles. The number of aliphatic hydroxyl groups excluding tert-OH is 1. The van der Waals surface area contributed by atoms with Crippen molar-refractivity contribution in [1.82, 2.24) is 0 Å². The molecule has 0 unspecified atom stereocenters. The van der Waals surface area contributed by atoms with Gasteiger partial charge in [0.25, 0.3) is 0 Å². The molecular weight excluding hydrogens is 182 g/mol. The normalized spacial score (nSPS) is 45.4. The maximum Gasteiger partial charge on any atom is 0.163 e. The van der Waals surface area contributed by atoms with Crippen molar-refractivity contribution in [3.63, 3.8) is 0 Å². The third-order valence-electron chi connectivity index (χ3n) is 3.24. The third-order valence-corrected chi connectivity index (χ3v) is 3.24. The topological polar surface area (TPSA) is 64.7 Å². The maximum absolute atomic E-state index is 9.22. The smallest absolute Gasteiger partial charge is 0.163 e. The first-order valence-corrected chi connectivity index (χ1v) is 5.24. The summed E-state index contributed by atoms with van der Waals surface area (Å²) in [6, 6.07) is 0. The standard InChI is InChI=1S/C10H19NO3/c1-10(2)13-8-6(4-11)3-7(5-12)9(8)14-10/h6-9,12H,3-5,11H2,1-2H3/t6-,7+,8-,9+/m0/s1. The van der Waals surface area contributed by atoms with Gasteiger partial charge in [-0.05, 0) is 26.8 Å². The molecule has 1 heterocycles. The highest BCUT2D eigenvalue weighted by Crippen LogP contribution is 2.44. The summed E-state index contributed by atoms with van der Waals surface area (Å²) in [7, 11) is 0. The molecular formula is C10H19NO3. The average molecular weight is 201 g/mol. The number of nitrogens with two attached hydrogens (primary N) is 1. The van der Waals surface area contributed by atoms with Crippen LogP contribution in [-0.2, 0) is 9.47 Å². The van der Waals surface area contributed by atoms with E-state index >= 15 is 0 Å². The molecule has 1 saturated heterocycles. The molecule has 14 heavy (non-hydrogen) atoms. The lowest BCUT2D eigenvalue weighted by Crippen LogP contribution is -2.29. The van der Waals surface area contributed by atoms with Crippen LogP contribution in [0.25, 0.3) is 0 Å². The fraction of sp³-hybridized carbons (Fsp3) is 1.00. The van der Waals surface area contributed by atoms with Crippen LogP contribution in [0.3, 0.4) is 0 Å². The Morgan fingerprint density at radius 1 is 1.29 bits per heavy atom. The van der Waals surface area contributed by atoms with E-state index in [1.165, 1.54) is 0 Å². The second-order valence-corrected chi connectivity index (χ2v) is 4.74. The van der Waals surface area contributed by atoms with Gasteiger partial charge in [0.05, 0.1) is 12.2 Å². The molecule has 4 atom stereocenters. The number of fused-ring (bicyclic) bond motifs is 1. The minimum Gasteiger partial charge on any atom is -0.396 e. The molecule has 0 spiro atoms. The van der Waals surface area contributed by atoms with Gasteiger partial charge in [-0.25, -0.2) is 0 Å². The molecule has 4 heteroatoms. The van der Waals surface area contributed by atoms with E-state index in [2.05, 4.69) is 0 Å². The van der Waals surface area contributed by atoms with Crippen molar-refractivity contribution in [2.75, 3.05) is 13.2 Å². The zero-order valence-corrected chi connectivity index (χ0v) is 8.77. The molecule has 4 nitrogen and oxygen atoms in total. The van der Waals surface area contributed by atoms with Crippen molar-refractivity contribution in [2.45, 2.75) is 38.3 Å². The Morgan fingerprint density at radius 3 is 2.36 bits per heavy atom. The van der Waals surface area contributed by atoms with Gasteiger partial charge in [-0.1, -0.05) is 0 Å². The Balaban J connectivity index is 2.12. The van der Waals surface area contributed by atoms with E-state index in [4.69, 9.17) is 15.2 Å². The second kappa shape index (κ2) is 3.45. The zero-order chi connectivity index (χ0) is 10.3. The molecule has 3 N–H and O–H groups in total. The van der Waals surface area contributed by atoms with Crippen molar-refractivity contribution in [1.29, 1.82) is 0 Å². The molecule has 2 aliphatic rings. The van der Waals surface area contributed by atoms with Crippen LogP contribution in [0.5, 0.6) is 0 Å². The van der Waals surface area contributed by atoms with Crippen LogP contribution in [0, 0.1) is 11.8 Å². The summed E-state index contributed by atoms with van der Waals surface area (Å²) >= 11 is 0. The highest BCUT2D eigenvalue weighted by atomic mass is 16.8. The number of rotatable bonds is 2. The lowest BCUT2D eigenvalue weighted by atomic mass is 10.0. The molecule has 0 aromatic rings. The number of ether oxygens (including phenoxy) is 2. The molecule has 0 bridgehead atoms. The minimum atomic E-state index is -0.517. The summed E-state index contributed by atoms with van der Waals surface area (Å²) in [5, 5.41) is 9.22. The highest BCUT2D eigenvalue weighted by molar-refractivity contribution is 4.98. The molecule has 1 saturated carbocycles. The minimum absolute atomic E-state index is 0.0311. The first kappa shape index (κ1) is 10.4. The Hall–Kier alpha value is -0.160. The summed E-state index contributed by atoms with van der Waals surface area (Å²) in [4.78, 5) is 0. The first-order chi connectivity index (χ1) is 6.57. The third kappa shape index (κ3) is 1.56. The molecule has 2 fully saturated rings. The fourth-order valence-electron chi connectivity index (χ4n) is 2.61. The molecule has 82 valence electrons. The number of aliphatic hydroxyl groups is 1. The Bertz CT molecular complexity index is 199. The molecule has 2 rings (SSSR count). The lowest BCUT2D eigenvalue weighted by molar-refractivity contribution is -0.162. The Labute approximate surface area is 84.4 Å². The SMILES string of the molecule is CC1(C)O[C@@H]2[C@@H](CO)C[C@@H](CN)[C@@H]2O1. The largest absolute Gasteiger partial charge is 0.396 e. The number of hydrogen-bond acceptors (Lipinski definition) is 4. The maximum atomic E-state index is 9.22. The van der Waals surface area contributed by atoms with Gasteiger partial charge in [-0.3, -0.25) is 0 Å². The summed E-state index contributed by atoms with van der Waals surface area (Å²) in [5.74, 6) is 0.00519. The predicted octanol–water partition coefficient (Wildman–Crippen LogP) is 0.0936. The summed E-state index contributed by atoms with van der Waals surface area (Å²) in [6.45, 7) is 4.59.